The first-order valence-corrected chi connectivity index (χ1v) is 15.1. The number of esters is 1. The molecule has 0 aromatic carbocycles. The van der Waals surface area contributed by atoms with Crippen LogP contribution in [0.3, 0.4) is 0 Å². The van der Waals surface area contributed by atoms with Crippen LogP contribution in [0.25, 0.3) is 0 Å². The maximum absolute atomic E-state index is 11.0. The molecule has 27 heavy (non-hydrogen) atoms. The Morgan fingerprint density at radius 3 is 1.96 bits per heavy atom. The standard InChI is InChI=1S/C23H46ClO2P/c1-6-10-19-27(24,20-11-7-2,22(5)17-8-3)21-16-14-12-13-15-18-26-23(25)9-4/h9,22H,4,6-8,10-21H2,1-3,5H3. The van der Waals surface area contributed by atoms with Gasteiger partial charge in [-0.25, -0.2) is 0 Å². The fourth-order valence-electron chi connectivity index (χ4n) is 4.15. The van der Waals surface area contributed by atoms with Gasteiger partial charge < -0.3 is 0 Å². The Balaban J connectivity index is 4.61. The van der Waals surface area contributed by atoms with Crippen LogP contribution in [0.15, 0.2) is 12.7 Å². The minimum atomic E-state index is -2.16. The third-order valence-electron chi connectivity index (χ3n) is 6.13. The first-order valence-electron chi connectivity index (χ1n) is 11.4. The Kier molecular flexibility index (Phi) is 14.8. The van der Waals surface area contributed by atoms with Crippen LogP contribution in [0.1, 0.15) is 98.3 Å². The molecule has 1 unspecified atom stereocenters. The quantitative estimate of drug-likeness (QED) is 0.0966. The summed E-state index contributed by atoms with van der Waals surface area (Å²) in [7, 11) is 0. The molecule has 0 saturated carbocycles. The van der Waals surface area contributed by atoms with Crippen molar-refractivity contribution in [3.8, 4) is 0 Å². The summed E-state index contributed by atoms with van der Waals surface area (Å²) >= 11 is 7.76. The molecule has 0 spiro atoms. The number of hydrogen-bond donors (Lipinski definition) is 0. The number of carbonyl (C=O) groups is 1. The van der Waals surface area contributed by atoms with Gasteiger partial charge in [0.15, 0.2) is 0 Å². The van der Waals surface area contributed by atoms with Crippen LogP contribution in [-0.4, -0.2) is 36.7 Å². The Morgan fingerprint density at radius 1 is 0.926 bits per heavy atom. The molecule has 0 aliphatic heterocycles. The molecule has 4 heteroatoms. The number of ether oxygens (including phenoxy) is 1. The van der Waals surface area contributed by atoms with E-state index in [1.807, 2.05) is 0 Å². The molecule has 0 aromatic heterocycles. The van der Waals surface area contributed by atoms with Crippen molar-refractivity contribution in [2.75, 3.05) is 25.1 Å². The second-order valence-corrected chi connectivity index (χ2v) is 16.6. The summed E-state index contributed by atoms with van der Waals surface area (Å²) in [5.41, 5.74) is 0.694. The number of halogens is 1. The third-order valence-corrected chi connectivity index (χ3v) is 15.2. The van der Waals surface area contributed by atoms with Gasteiger partial charge in [0.1, 0.15) is 0 Å². The van der Waals surface area contributed by atoms with E-state index in [-0.39, 0.29) is 5.97 Å². The monoisotopic (exact) mass is 420 g/mol. The molecule has 0 aliphatic rings. The van der Waals surface area contributed by atoms with Crippen molar-refractivity contribution in [3.05, 3.63) is 12.7 Å². The second kappa shape index (κ2) is 14.9. The van der Waals surface area contributed by atoms with E-state index in [1.54, 1.807) is 0 Å². The topological polar surface area (TPSA) is 26.3 Å². The number of carbonyl (C=O) groups excluding carboxylic acids is 1. The predicted molar refractivity (Wildman–Crippen MR) is 126 cm³/mol. The zero-order chi connectivity index (χ0) is 20.6. The van der Waals surface area contributed by atoms with Crippen molar-refractivity contribution in [1.29, 1.82) is 0 Å². The minimum absolute atomic E-state index is 0.314. The zero-order valence-corrected chi connectivity index (χ0v) is 20.3. The summed E-state index contributed by atoms with van der Waals surface area (Å²) in [6.45, 7) is 13.3. The van der Waals surface area contributed by atoms with E-state index in [4.69, 9.17) is 16.0 Å². The van der Waals surface area contributed by atoms with Crippen LogP contribution < -0.4 is 0 Å². The Hall–Kier alpha value is -0.0700. The van der Waals surface area contributed by atoms with Gasteiger partial charge in [0.2, 0.25) is 0 Å². The Labute approximate surface area is 174 Å². The van der Waals surface area contributed by atoms with Gasteiger partial charge in [0.05, 0.1) is 0 Å². The SMILES string of the molecule is C=CC(=O)OCCCCCCCP(Cl)(CCCC)(CCCC)C(C)CCC. The molecular formula is C23H46ClO2P. The Bertz CT molecular complexity index is 403. The Morgan fingerprint density at radius 2 is 1.44 bits per heavy atom. The van der Waals surface area contributed by atoms with Gasteiger partial charge in [0, 0.05) is 0 Å². The van der Waals surface area contributed by atoms with Crippen LogP contribution in [0, 0.1) is 0 Å². The van der Waals surface area contributed by atoms with Gasteiger partial charge >= 0.3 is 174 Å². The summed E-state index contributed by atoms with van der Waals surface area (Å²) in [4.78, 5) is 11.0. The predicted octanol–water partition coefficient (Wildman–Crippen LogP) is 8.16. The normalized spacial score (nSPS) is 14.3. The van der Waals surface area contributed by atoms with Gasteiger partial charge in [-0.2, -0.15) is 0 Å². The van der Waals surface area contributed by atoms with E-state index >= 15 is 0 Å². The molecule has 0 heterocycles. The third kappa shape index (κ3) is 10.3. The van der Waals surface area contributed by atoms with Crippen LogP contribution in [-0.2, 0) is 9.53 Å². The van der Waals surface area contributed by atoms with Crippen molar-refractivity contribution in [2.45, 2.75) is 104 Å². The van der Waals surface area contributed by atoms with Crippen LogP contribution in [0.2, 0.25) is 0 Å². The van der Waals surface area contributed by atoms with Crippen molar-refractivity contribution in [3.63, 3.8) is 0 Å². The van der Waals surface area contributed by atoms with Gasteiger partial charge in [-0.1, -0.05) is 0 Å². The molecule has 0 bridgehead atoms. The first-order chi connectivity index (χ1) is 12.9. The second-order valence-electron chi connectivity index (χ2n) is 8.33. The fourth-order valence-corrected chi connectivity index (χ4v) is 11.5. The molecule has 0 fully saturated rings. The van der Waals surface area contributed by atoms with Crippen molar-refractivity contribution in [1.82, 2.24) is 0 Å². The van der Waals surface area contributed by atoms with E-state index in [2.05, 4.69) is 34.3 Å². The van der Waals surface area contributed by atoms with E-state index < -0.39 is 5.96 Å². The zero-order valence-electron chi connectivity index (χ0n) is 18.6. The molecule has 0 N–H and O–H groups in total. The number of unbranched alkanes of at least 4 members (excludes halogenated alkanes) is 6. The van der Waals surface area contributed by atoms with Gasteiger partial charge in [-0.05, 0) is 0 Å². The molecule has 0 saturated heterocycles. The molecule has 0 aliphatic carbocycles. The molecule has 2 nitrogen and oxygen atoms in total. The number of hydrogen-bond acceptors (Lipinski definition) is 2. The van der Waals surface area contributed by atoms with Crippen molar-refractivity contribution < 1.29 is 9.53 Å². The first kappa shape index (κ1) is 26.9. The van der Waals surface area contributed by atoms with Gasteiger partial charge in [0.25, 0.3) is 0 Å². The molecule has 0 aromatic rings. The van der Waals surface area contributed by atoms with E-state index in [1.165, 1.54) is 82.3 Å². The fraction of sp³-hybridized carbons (Fsp3) is 0.870. The molecule has 0 amide bonds. The van der Waals surface area contributed by atoms with Crippen LogP contribution in [0.5, 0.6) is 0 Å². The number of rotatable bonds is 18. The maximum atomic E-state index is 11.0. The summed E-state index contributed by atoms with van der Waals surface area (Å²) in [5.74, 6) is -2.47. The summed E-state index contributed by atoms with van der Waals surface area (Å²) in [5, 5.41) is 0. The molecule has 162 valence electrons. The summed E-state index contributed by atoms with van der Waals surface area (Å²) in [6, 6.07) is 0. The van der Waals surface area contributed by atoms with E-state index in [9.17, 15) is 4.79 Å². The van der Waals surface area contributed by atoms with E-state index in [0.29, 0.717) is 12.3 Å². The van der Waals surface area contributed by atoms with Crippen molar-refractivity contribution >= 4 is 23.2 Å². The van der Waals surface area contributed by atoms with Gasteiger partial charge in [-0.15, -0.1) is 0 Å². The van der Waals surface area contributed by atoms with Crippen molar-refractivity contribution in [2.24, 2.45) is 0 Å². The molecule has 0 rings (SSSR count). The molecule has 1 atom stereocenters. The average molecular weight is 421 g/mol. The van der Waals surface area contributed by atoms with Crippen LogP contribution in [0.4, 0.5) is 0 Å². The summed E-state index contributed by atoms with van der Waals surface area (Å²) in [6.07, 6.45) is 18.4. The molecular weight excluding hydrogens is 375 g/mol. The van der Waals surface area contributed by atoms with E-state index in [0.717, 1.165) is 12.8 Å². The van der Waals surface area contributed by atoms with Gasteiger partial charge in [-0.3, -0.25) is 0 Å². The van der Waals surface area contributed by atoms with Crippen LogP contribution >= 0.6 is 17.2 Å². The average Bonchev–Trinajstić information content (AvgIpc) is 2.67. The molecule has 0 radical (unpaired) electrons. The summed E-state index contributed by atoms with van der Waals surface area (Å²) < 4.78 is 5.04.